The first-order valence-corrected chi connectivity index (χ1v) is 10.9. The highest BCUT2D eigenvalue weighted by Crippen LogP contribution is 2.32. The van der Waals surface area contributed by atoms with Gasteiger partial charge in [0.25, 0.3) is 11.6 Å². The maximum Gasteiger partial charge on any atom is 0.288 e. The molecule has 1 aliphatic heterocycles. The smallest absolute Gasteiger partial charge is 0.288 e. The van der Waals surface area contributed by atoms with Crippen LogP contribution in [0.15, 0.2) is 41.3 Å². The van der Waals surface area contributed by atoms with Crippen LogP contribution in [0.25, 0.3) is 0 Å². The first-order valence-electron chi connectivity index (χ1n) is 8.30. The number of nitro benzene ring substituents is 1. The molecule has 29 heavy (non-hydrogen) atoms. The SMILES string of the molecule is O=C(c1ccc(Cl)c([N+](=O)[O-])c1)N1CCN(S(=O)(=O)c2c(Cl)cccc2Cl)CC1. The lowest BCUT2D eigenvalue weighted by atomic mass is 10.1. The van der Waals surface area contributed by atoms with Crippen molar-refractivity contribution < 1.29 is 18.1 Å². The minimum absolute atomic E-state index is 0.0180. The van der Waals surface area contributed by atoms with Gasteiger partial charge in [-0.05, 0) is 24.3 Å². The average Bonchev–Trinajstić information content (AvgIpc) is 2.67. The van der Waals surface area contributed by atoms with Crippen molar-refractivity contribution in [3.05, 3.63) is 67.1 Å². The molecule has 0 N–H and O–H groups in total. The van der Waals surface area contributed by atoms with Crippen molar-refractivity contribution in [3.8, 4) is 0 Å². The highest BCUT2D eigenvalue weighted by molar-refractivity contribution is 7.89. The summed E-state index contributed by atoms with van der Waals surface area (Å²) in [5.74, 6) is -0.447. The molecule has 1 aliphatic rings. The molecule has 1 amide bonds. The fraction of sp³-hybridized carbons (Fsp3) is 0.235. The molecule has 2 aromatic carbocycles. The number of carbonyl (C=O) groups is 1. The Balaban J connectivity index is 1.76. The van der Waals surface area contributed by atoms with Crippen molar-refractivity contribution in [1.29, 1.82) is 0 Å². The van der Waals surface area contributed by atoms with Crippen molar-refractivity contribution in [2.75, 3.05) is 26.2 Å². The summed E-state index contributed by atoms with van der Waals surface area (Å²) in [4.78, 5) is 24.3. The third-order valence-corrected chi connectivity index (χ3v) is 7.61. The van der Waals surface area contributed by atoms with Crippen molar-refractivity contribution in [3.63, 3.8) is 0 Å². The molecule has 8 nitrogen and oxygen atoms in total. The van der Waals surface area contributed by atoms with Crippen LogP contribution in [0.4, 0.5) is 5.69 Å². The van der Waals surface area contributed by atoms with Crippen LogP contribution in [0.2, 0.25) is 15.1 Å². The fourth-order valence-electron chi connectivity index (χ4n) is 2.96. The van der Waals surface area contributed by atoms with E-state index in [1.165, 1.54) is 33.5 Å². The zero-order valence-corrected chi connectivity index (χ0v) is 17.8. The molecule has 0 aromatic heterocycles. The quantitative estimate of drug-likeness (QED) is 0.492. The Bertz CT molecular complexity index is 1070. The van der Waals surface area contributed by atoms with E-state index >= 15 is 0 Å². The largest absolute Gasteiger partial charge is 0.336 e. The van der Waals surface area contributed by atoms with E-state index in [0.717, 1.165) is 6.07 Å². The molecule has 1 fully saturated rings. The molecule has 0 atom stereocenters. The van der Waals surface area contributed by atoms with Gasteiger partial charge in [0.15, 0.2) is 0 Å². The third kappa shape index (κ3) is 4.34. The van der Waals surface area contributed by atoms with E-state index in [1.807, 2.05) is 0 Å². The summed E-state index contributed by atoms with van der Waals surface area (Å²) >= 11 is 17.8. The molecule has 0 spiro atoms. The monoisotopic (exact) mass is 477 g/mol. The molecule has 0 saturated carbocycles. The molecule has 0 bridgehead atoms. The van der Waals surface area contributed by atoms with Gasteiger partial charge in [0.05, 0.1) is 15.0 Å². The number of sulfonamides is 1. The standard InChI is InChI=1S/C17H14Cl3N3O5S/c18-12-5-4-11(10-15(12)23(25)26)17(24)21-6-8-22(9-7-21)29(27,28)16-13(19)2-1-3-14(16)20/h1-5,10H,6-9H2. The number of nitrogens with zero attached hydrogens (tertiary/aromatic N) is 3. The third-order valence-electron chi connectivity index (χ3n) is 4.43. The van der Waals surface area contributed by atoms with Crippen molar-refractivity contribution in [1.82, 2.24) is 9.21 Å². The Morgan fingerprint density at radius 3 is 2.10 bits per heavy atom. The molecular weight excluding hydrogens is 465 g/mol. The summed E-state index contributed by atoms with van der Waals surface area (Å²) in [5, 5.41) is 11.0. The fourth-order valence-corrected chi connectivity index (χ4v) is 5.66. The van der Waals surface area contributed by atoms with Crippen LogP contribution >= 0.6 is 34.8 Å². The second-order valence-corrected chi connectivity index (χ2v) is 9.27. The summed E-state index contributed by atoms with van der Waals surface area (Å²) in [5.41, 5.74) is -0.265. The second kappa shape index (κ2) is 8.45. The van der Waals surface area contributed by atoms with Crippen LogP contribution in [0, 0.1) is 10.1 Å². The number of carbonyl (C=O) groups excluding carboxylic acids is 1. The zero-order chi connectivity index (χ0) is 21.3. The van der Waals surface area contributed by atoms with Gasteiger partial charge < -0.3 is 4.90 Å². The molecule has 0 radical (unpaired) electrons. The number of nitro groups is 1. The minimum atomic E-state index is -3.94. The molecule has 0 unspecified atom stereocenters. The molecule has 1 heterocycles. The van der Waals surface area contributed by atoms with Gasteiger partial charge in [-0.25, -0.2) is 8.42 Å². The van der Waals surface area contributed by atoms with Crippen LogP contribution in [0.1, 0.15) is 10.4 Å². The van der Waals surface area contributed by atoms with E-state index in [4.69, 9.17) is 34.8 Å². The van der Waals surface area contributed by atoms with Crippen molar-refractivity contribution in [2.24, 2.45) is 0 Å². The topological polar surface area (TPSA) is 101 Å². The predicted molar refractivity (Wildman–Crippen MR) is 109 cm³/mol. The van der Waals surface area contributed by atoms with E-state index < -0.39 is 20.9 Å². The van der Waals surface area contributed by atoms with Crippen LogP contribution in [0.5, 0.6) is 0 Å². The number of hydrogen-bond acceptors (Lipinski definition) is 5. The average molecular weight is 479 g/mol. The van der Waals surface area contributed by atoms with Crippen LogP contribution in [0.3, 0.4) is 0 Å². The highest BCUT2D eigenvalue weighted by Gasteiger charge is 2.33. The molecule has 154 valence electrons. The van der Waals surface area contributed by atoms with Gasteiger partial charge in [-0.2, -0.15) is 4.31 Å². The molecule has 3 rings (SSSR count). The van der Waals surface area contributed by atoms with Crippen LogP contribution in [-0.4, -0.2) is 54.6 Å². The molecular formula is C17H14Cl3N3O5S. The summed E-state index contributed by atoms with van der Waals surface area (Å²) in [6, 6.07) is 8.21. The number of halogens is 3. The summed E-state index contributed by atoms with van der Waals surface area (Å²) in [7, 11) is -3.94. The van der Waals surface area contributed by atoms with Gasteiger partial charge in [0.2, 0.25) is 10.0 Å². The van der Waals surface area contributed by atoms with E-state index in [2.05, 4.69) is 0 Å². The molecule has 0 aliphatic carbocycles. The molecule has 12 heteroatoms. The Labute approximate surface area is 181 Å². The summed E-state index contributed by atoms with van der Waals surface area (Å²) in [6.07, 6.45) is 0. The molecule has 1 saturated heterocycles. The van der Waals surface area contributed by atoms with Gasteiger partial charge >= 0.3 is 0 Å². The first kappa shape index (κ1) is 21.8. The van der Waals surface area contributed by atoms with Crippen LogP contribution in [-0.2, 0) is 10.0 Å². The number of hydrogen-bond donors (Lipinski definition) is 0. The van der Waals surface area contributed by atoms with Crippen LogP contribution < -0.4 is 0 Å². The Hall–Kier alpha value is -1.91. The van der Waals surface area contributed by atoms with Crippen molar-refractivity contribution in [2.45, 2.75) is 4.90 Å². The summed E-state index contributed by atoms with van der Waals surface area (Å²) < 4.78 is 27.0. The van der Waals surface area contributed by atoms with E-state index in [-0.39, 0.29) is 57.4 Å². The predicted octanol–water partition coefficient (Wildman–Crippen LogP) is 3.70. The number of benzene rings is 2. The Kier molecular flexibility index (Phi) is 6.35. The maximum atomic E-state index is 12.9. The normalized spacial score (nSPS) is 15.3. The zero-order valence-electron chi connectivity index (χ0n) is 14.7. The second-order valence-electron chi connectivity index (χ2n) is 6.17. The minimum Gasteiger partial charge on any atom is -0.336 e. The van der Waals surface area contributed by atoms with Crippen molar-refractivity contribution >= 4 is 56.4 Å². The lowest BCUT2D eigenvalue weighted by Crippen LogP contribution is -2.50. The molecule has 2 aromatic rings. The highest BCUT2D eigenvalue weighted by atomic mass is 35.5. The summed E-state index contributed by atoms with van der Waals surface area (Å²) in [6.45, 7) is 0.281. The van der Waals surface area contributed by atoms with Gasteiger partial charge in [-0.1, -0.05) is 40.9 Å². The van der Waals surface area contributed by atoms with E-state index in [1.54, 1.807) is 6.07 Å². The lowest BCUT2D eigenvalue weighted by Gasteiger charge is -2.34. The van der Waals surface area contributed by atoms with Gasteiger partial charge in [-0.15, -0.1) is 0 Å². The number of rotatable bonds is 4. The van der Waals surface area contributed by atoms with Gasteiger partial charge in [0, 0.05) is 37.8 Å². The lowest BCUT2D eigenvalue weighted by molar-refractivity contribution is -0.384. The first-order chi connectivity index (χ1) is 13.6. The number of amides is 1. The number of piperazine rings is 1. The Morgan fingerprint density at radius 2 is 1.55 bits per heavy atom. The Morgan fingerprint density at radius 1 is 0.966 bits per heavy atom. The maximum absolute atomic E-state index is 12.9. The van der Waals surface area contributed by atoms with Gasteiger partial charge in [-0.3, -0.25) is 14.9 Å². The van der Waals surface area contributed by atoms with E-state index in [9.17, 15) is 23.3 Å². The van der Waals surface area contributed by atoms with Gasteiger partial charge in [0.1, 0.15) is 9.92 Å². The van der Waals surface area contributed by atoms with E-state index in [0.29, 0.717) is 0 Å².